The van der Waals surface area contributed by atoms with Crippen LogP contribution in [0.3, 0.4) is 0 Å². The van der Waals surface area contributed by atoms with Gasteiger partial charge in [-0.1, -0.05) is 0 Å². The molecule has 0 unspecified atom stereocenters. The minimum atomic E-state index is -2.74. The van der Waals surface area contributed by atoms with Crippen LogP contribution in [-0.4, -0.2) is 17.9 Å². The van der Waals surface area contributed by atoms with E-state index in [0.717, 1.165) is 0 Å². The molecule has 1 fully saturated rings. The van der Waals surface area contributed by atoms with Crippen molar-refractivity contribution >= 4 is 5.91 Å². The Hall–Kier alpha value is -0.670. The molecule has 1 saturated carbocycles. The molecule has 1 amide bonds. The maximum atomic E-state index is 12.2. The summed E-state index contributed by atoms with van der Waals surface area (Å²) in [7, 11) is 0. The van der Waals surface area contributed by atoms with E-state index in [1.807, 2.05) is 0 Å². The SMILES string of the molecule is CC(C)NC(=O)[C@H]1CC1(F)F. The van der Waals surface area contributed by atoms with Crippen LogP contribution in [-0.2, 0) is 4.79 Å². The average molecular weight is 163 g/mol. The summed E-state index contributed by atoms with van der Waals surface area (Å²) in [5.74, 6) is -4.33. The minimum absolute atomic E-state index is 0.0566. The molecule has 0 spiro atoms. The summed E-state index contributed by atoms with van der Waals surface area (Å²) in [6.45, 7) is 3.50. The number of amides is 1. The first-order valence-corrected chi connectivity index (χ1v) is 3.61. The van der Waals surface area contributed by atoms with Crippen LogP contribution in [0.25, 0.3) is 0 Å². The van der Waals surface area contributed by atoms with E-state index in [9.17, 15) is 13.6 Å². The van der Waals surface area contributed by atoms with Crippen molar-refractivity contribution < 1.29 is 13.6 Å². The summed E-state index contributed by atoms with van der Waals surface area (Å²) in [6, 6.07) is -0.0566. The molecule has 1 aliphatic carbocycles. The highest BCUT2D eigenvalue weighted by Gasteiger charge is 2.61. The van der Waals surface area contributed by atoms with Crippen LogP contribution >= 0.6 is 0 Å². The Morgan fingerprint density at radius 1 is 1.64 bits per heavy atom. The van der Waals surface area contributed by atoms with E-state index in [4.69, 9.17) is 0 Å². The predicted molar refractivity (Wildman–Crippen MR) is 36.3 cm³/mol. The molecule has 0 saturated heterocycles. The zero-order valence-corrected chi connectivity index (χ0v) is 6.53. The van der Waals surface area contributed by atoms with E-state index < -0.39 is 17.7 Å². The zero-order chi connectivity index (χ0) is 8.65. The second kappa shape index (κ2) is 2.43. The number of rotatable bonds is 2. The van der Waals surface area contributed by atoms with Crippen molar-refractivity contribution in [3.63, 3.8) is 0 Å². The lowest BCUT2D eigenvalue weighted by Gasteiger charge is -2.06. The van der Waals surface area contributed by atoms with Gasteiger partial charge in [-0.2, -0.15) is 0 Å². The van der Waals surface area contributed by atoms with Crippen molar-refractivity contribution in [1.29, 1.82) is 0 Å². The number of nitrogens with one attached hydrogen (secondary N) is 1. The predicted octanol–water partition coefficient (Wildman–Crippen LogP) is 1.17. The molecule has 1 aliphatic rings. The molecular weight excluding hydrogens is 152 g/mol. The van der Waals surface area contributed by atoms with Gasteiger partial charge < -0.3 is 5.32 Å². The molecule has 0 heterocycles. The van der Waals surface area contributed by atoms with Gasteiger partial charge in [0, 0.05) is 12.5 Å². The third kappa shape index (κ3) is 1.88. The molecule has 1 atom stereocenters. The van der Waals surface area contributed by atoms with Crippen LogP contribution in [0.5, 0.6) is 0 Å². The third-order valence-electron chi connectivity index (χ3n) is 1.57. The number of alkyl halides is 2. The molecule has 64 valence electrons. The molecule has 1 rings (SSSR count). The molecule has 4 heteroatoms. The Morgan fingerprint density at radius 2 is 2.09 bits per heavy atom. The first-order chi connectivity index (χ1) is 4.93. The normalized spacial score (nSPS) is 26.8. The first-order valence-electron chi connectivity index (χ1n) is 3.61. The van der Waals surface area contributed by atoms with E-state index in [-0.39, 0.29) is 12.5 Å². The highest BCUT2D eigenvalue weighted by molar-refractivity contribution is 5.82. The van der Waals surface area contributed by atoms with Gasteiger partial charge in [0.25, 0.3) is 5.92 Å². The molecule has 0 bridgehead atoms. The van der Waals surface area contributed by atoms with E-state index in [1.165, 1.54) is 0 Å². The Morgan fingerprint density at radius 3 is 2.36 bits per heavy atom. The largest absolute Gasteiger partial charge is 0.353 e. The van der Waals surface area contributed by atoms with Gasteiger partial charge in [0.15, 0.2) is 0 Å². The number of hydrogen-bond donors (Lipinski definition) is 1. The first kappa shape index (κ1) is 8.43. The highest BCUT2D eigenvalue weighted by atomic mass is 19.3. The number of hydrogen-bond acceptors (Lipinski definition) is 1. The maximum absolute atomic E-state index is 12.2. The Balaban J connectivity index is 2.34. The zero-order valence-electron chi connectivity index (χ0n) is 6.53. The molecule has 0 aromatic rings. The number of halogens is 2. The monoisotopic (exact) mass is 163 g/mol. The lowest BCUT2D eigenvalue weighted by molar-refractivity contribution is -0.124. The summed E-state index contributed by atoms with van der Waals surface area (Å²) in [4.78, 5) is 10.8. The fourth-order valence-electron chi connectivity index (χ4n) is 0.883. The van der Waals surface area contributed by atoms with E-state index in [0.29, 0.717) is 0 Å². The highest BCUT2D eigenvalue weighted by Crippen LogP contribution is 2.48. The van der Waals surface area contributed by atoms with E-state index in [2.05, 4.69) is 5.32 Å². The fraction of sp³-hybridized carbons (Fsp3) is 0.857. The standard InChI is InChI=1S/C7H11F2NO/c1-4(2)10-6(11)5-3-7(5,8)9/h4-5H,3H2,1-2H3,(H,10,11)/t5-/m1/s1. The summed E-state index contributed by atoms with van der Waals surface area (Å²) >= 11 is 0. The quantitative estimate of drug-likeness (QED) is 0.650. The van der Waals surface area contributed by atoms with Crippen LogP contribution < -0.4 is 5.32 Å². The van der Waals surface area contributed by atoms with Crippen molar-refractivity contribution in [3.05, 3.63) is 0 Å². The van der Waals surface area contributed by atoms with Gasteiger partial charge in [0.2, 0.25) is 5.91 Å². The summed E-state index contributed by atoms with van der Waals surface area (Å²) < 4.78 is 24.5. The van der Waals surface area contributed by atoms with Crippen LogP contribution in [0.4, 0.5) is 8.78 Å². The molecular formula is C7H11F2NO. The average Bonchev–Trinajstić information content (AvgIpc) is 2.38. The smallest absolute Gasteiger partial charge is 0.260 e. The number of carbonyl (C=O) groups excluding carboxylic acids is 1. The van der Waals surface area contributed by atoms with Gasteiger partial charge in [-0.3, -0.25) is 4.79 Å². The van der Waals surface area contributed by atoms with Crippen LogP contribution in [0.2, 0.25) is 0 Å². The molecule has 11 heavy (non-hydrogen) atoms. The van der Waals surface area contributed by atoms with Crippen molar-refractivity contribution in [3.8, 4) is 0 Å². The topological polar surface area (TPSA) is 29.1 Å². The van der Waals surface area contributed by atoms with Gasteiger partial charge in [-0.05, 0) is 13.8 Å². The summed E-state index contributed by atoms with van der Waals surface area (Å²) in [5.41, 5.74) is 0. The van der Waals surface area contributed by atoms with Gasteiger partial charge in [-0.15, -0.1) is 0 Å². The fourth-order valence-corrected chi connectivity index (χ4v) is 0.883. The summed E-state index contributed by atoms with van der Waals surface area (Å²) in [6.07, 6.45) is -0.286. The van der Waals surface area contributed by atoms with Crippen LogP contribution in [0, 0.1) is 5.92 Å². The van der Waals surface area contributed by atoms with E-state index in [1.54, 1.807) is 13.8 Å². The second-order valence-corrected chi connectivity index (χ2v) is 3.18. The van der Waals surface area contributed by atoms with Crippen LogP contribution in [0.1, 0.15) is 20.3 Å². The third-order valence-corrected chi connectivity index (χ3v) is 1.57. The van der Waals surface area contributed by atoms with Gasteiger partial charge in [0.05, 0.1) is 0 Å². The van der Waals surface area contributed by atoms with Crippen LogP contribution in [0.15, 0.2) is 0 Å². The van der Waals surface area contributed by atoms with Gasteiger partial charge in [0.1, 0.15) is 5.92 Å². The summed E-state index contributed by atoms with van der Waals surface area (Å²) in [5, 5.41) is 2.44. The molecule has 1 N–H and O–H groups in total. The molecule has 2 nitrogen and oxygen atoms in total. The van der Waals surface area contributed by atoms with Crippen molar-refractivity contribution in [2.24, 2.45) is 5.92 Å². The van der Waals surface area contributed by atoms with Gasteiger partial charge in [-0.25, -0.2) is 8.78 Å². The number of carbonyl (C=O) groups is 1. The van der Waals surface area contributed by atoms with Crippen molar-refractivity contribution in [1.82, 2.24) is 5.32 Å². The molecule has 0 aromatic heterocycles. The molecule has 0 aromatic carbocycles. The lowest BCUT2D eigenvalue weighted by Crippen LogP contribution is -2.32. The van der Waals surface area contributed by atoms with E-state index >= 15 is 0 Å². The van der Waals surface area contributed by atoms with Gasteiger partial charge >= 0.3 is 0 Å². The Kier molecular flexibility index (Phi) is 1.86. The van der Waals surface area contributed by atoms with Crippen molar-refractivity contribution in [2.75, 3.05) is 0 Å². The Bertz CT molecular complexity index is 179. The molecule has 0 radical (unpaired) electrons. The lowest BCUT2D eigenvalue weighted by atomic mass is 10.3. The second-order valence-electron chi connectivity index (χ2n) is 3.18. The Labute approximate surface area is 64.0 Å². The minimum Gasteiger partial charge on any atom is -0.353 e. The maximum Gasteiger partial charge on any atom is 0.260 e. The van der Waals surface area contributed by atoms with Crippen molar-refractivity contribution in [2.45, 2.75) is 32.2 Å². The molecule has 0 aliphatic heterocycles.